The summed E-state index contributed by atoms with van der Waals surface area (Å²) < 4.78 is 41.0. The second-order valence-electron chi connectivity index (χ2n) is 7.46. The molecule has 33 heavy (non-hydrogen) atoms. The lowest BCUT2D eigenvalue weighted by molar-refractivity contribution is 0.0843. The Morgan fingerprint density at radius 3 is 2.48 bits per heavy atom. The molecule has 1 aliphatic heterocycles. The highest BCUT2D eigenvalue weighted by atomic mass is 32.2. The van der Waals surface area contributed by atoms with E-state index in [0.717, 1.165) is 0 Å². The van der Waals surface area contributed by atoms with Crippen LogP contribution in [0.4, 0.5) is 0 Å². The van der Waals surface area contributed by atoms with Gasteiger partial charge < -0.3 is 24.6 Å². The second-order valence-corrected chi connectivity index (χ2v) is 9.45. The number of hydrogen-bond acceptors (Lipinski definition) is 7. The SMILES string of the molecule is O=C(NCC(O)COc1ccc2c(c1)OCO2)c1ccc(CS(=O)(=O)c2ccccc2)cc1. The number of amides is 1. The largest absolute Gasteiger partial charge is 0.491 e. The van der Waals surface area contributed by atoms with Crippen molar-refractivity contribution in [2.45, 2.75) is 16.8 Å². The molecule has 3 aromatic rings. The van der Waals surface area contributed by atoms with E-state index in [-0.39, 0.29) is 36.5 Å². The Morgan fingerprint density at radius 1 is 1.00 bits per heavy atom. The molecule has 8 nitrogen and oxygen atoms in total. The molecule has 2 N–H and O–H groups in total. The van der Waals surface area contributed by atoms with E-state index >= 15 is 0 Å². The van der Waals surface area contributed by atoms with E-state index in [1.807, 2.05) is 0 Å². The van der Waals surface area contributed by atoms with E-state index in [1.165, 1.54) is 0 Å². The minimum Gasteiger partial charge on any atom is -0.491 e. The minimum atomic E-state index is -3.46. The number of benzene rings is 3. The third kappa shape index (κ3) is 5.82. The maximum Gasteiger partial charge on any atom is 0.251 e. The smallest absolute Gasteiger partial charge is 0.251 e. The van der Waals surface area contributed by atoms with E-state index in [1.54, 1.807) is 72.8 Å². The van der Waals surface area contributed by atoms with Gasteiger partial charge in [0.15, 0.2) is 21.3 Å². The molecule has 1 amide bonds. The summed E-state index contributed by atoms with van der Waals surface area (Å²) in [5.41, 5.74) is 0.937. The highest BCUT2D eigenvalue weighted by molar-refractivity contribution is 7.90. The van der Waals surface area contributed by atoms with Crippen molar-refractivity contribution in [3.05, 3.63) is 83.9 Å². The van der Waals surface area contributed by atoms with Crippen LogP contribution in [-0.2, 0) is 15.6 Å². The monoisotopic (exact) mass is 469 g/mol. The zero-order chi connectivity index (χ0) is 23.3. The van der Waals surface area contributed by atoms with Gasteiger partial charge >= 0.3 is 0 Å². The second kappa shape index (κ2) is 9.93. The van der Waals surface area contributed by atoms with Crippen LogP contribution in [0.3, 0.4) is 0 Å². The van der Waals surface area contributed by atoms with E-state index in [4.69, 9.17) is 14.2 Å². The Kier molecular flexibility index (Phi) is 6.81. The van der Waals surface area contributed by atoms with Gasteiger partial charge in [0.05, 0.1) is 10.6 Å². The van der Waals surface area contributed by atoms with Crippen molar-refractivity contribution in [2.24, 2.45) is 0 Å². The highest BCUT2D eigenvalue weighted by Gasteiger charge is 2.17. The summed E-state index contributed by atoms with van der Waals surface area (Å²) in [6, 6.07) is 19.6. The fourth-order valence-electron chi connectivity index (χ4n) is 3.21. The molecule has 0 bridgehead atoms. The molecular weight excluding hydrogens is 446 g/mol. The topological polar surface area (TPSA) is 111 Å². The molecule has 0 spiro atoms. The molecule has 1 atom stereocenters. The third-order valence-electron chi connectivity index (χ3n) is 4.96. The fraction of sp³-hybridized carbons (Fsp3) is 0.208. The van der Waals surface area contributed by atoms with Gasteiger partial charge in [-0.15, -0.1) is 0 Å². The van der Waals surface area contributed by atoms with Gasteiger partial charge in [0.1, 0.15) is 18.5 Å². The van der Waals surface area contributed by atoms with Crippen LogP contribution in [0.2, 0.25) is 0 Å². The summed E-state index contributed by atoms with van der Waals surface area (Å²) in [5.74, 6) is 1.20. The highest BCUT2D eigenvalue weighted by Crippen LogP contribution is 2.35. The van der Waals surface area contributed by atoms with Gasteiger partial charge in [-0.05, 0) is 42.0 Å². The first-order valence-corrected chi connectivity index (χ1v) is 11.9. The summed E-state index contributed by atoms with van der Waals surface area (Å²) in [6.45, 7) is 0.140. The quantitative estimate of drug-likeness (QED) is 0.495. The van der Waals surface area contributed by atoms with E-state index in [0.29, 0.717) is 28.4 Å². The molecule has 0 aliphatic carbocycles. The first kappa shape index (κ1) is 22.6. The van der Waals surface area contributed by atoms with Gasteiger partial charge in [-0.3, -0.25) is 4.79 Å². The standard InChI is InChI=1S/C24H23NO7S/c26-19(14-30-20-10-11-22-23(12-20)32-16-31-22)13-25-24(27)18-8-6-17(7-9-18)15-33(28,29)21-4-2-1-3-5-21/h1-12,19,26H,13-16H2,(H,25,27). The number of nitrogens with one attached hydrogen (secondary N) is 1. The molecule has 4 rings (SSSR count). The number of hydrogen-bond donors (Lipinski definition) is 2. The fourth-order valence-corrected chi connectivity index (χ4v) is 4.58. The third-order valence-corrected chi connectivity index (χ3v) is 6.66. The zero-order valence-corrected chi connectivity index (χ0v) is 18.5. The van der Waals surface area contributed by atoms with Crippen LogP contribution in [-0.4, -0.2) is 45.5 Å². The average molecular weight is 470 g/mol. The lowest BCUT2D eigenvalue weighted by Crippen LogP contribution is -2.35. The molecule has 3 aromatic carbocycles. The van der Waals surface area contributed by atoms with Crippen molar-refractivity contribution in [3.8, 4) is 17.2 Å². The lowest BCUT2D eigenvalue weighted by Gasteiger charge is -2.14. The first-order valence-electron chi connectivity index (χ1n) is 10.3. The van der Waals surface area contributed by atoms with Crippen LogP contribution in [0.25, 0.3) is 0 Å². The van der Waals surface area contributed by atoms with E-state index in [9.17, 15) is 18.3 Å². The Hall–Kier alpha value is -3.56. The zero-order valence-electron chi connectivity index (χ0n) is 17.6. The Bertz CT molecular complexity index is 1210. The number of aliphatic hydroxyl groups excluding tert-OH is 1. The normalized spacial score (nSPS) is 13.4. The molecule has 0 fully saturated rings. The van der Waals surface area contributed by atoms with Crippen molar-refractivity contribution >= 4 is 15.7 Å². The van der Waals surface area contributed by atoms with Crippen LogP contribution in [0.1, 0.15) is 15.9 Å². The van der Waals surface area contributed by atoms with Crippen molar-refractivity contribution < 1.29 is 32.5 Å². The number of aliphatic hydroxyl groups is 1. The Labute approximate surface area is 191 Å². The molecule has 9 heteroatoms. The molecule has 172 valence electrons. The molecule has 0 radical (unpaired) electrons. The molecular formula is C24H23NO7S. The molecule has 1 heterocycles. The van der Waals surface area contributed by atoms with Crippen LogP contribution < -0.4 is 19.5 Å². The number of fused-ring (bicyclic) bond motifs is 1. The maximum atomic E-state index is 12.5. The number of carbonyl (C=O) groups excluding carboxylic acids is 1. The Balaban J connectivity index is 1.25. The molecule has 0 saturated heterocycles. The maximum absolute atomic E-state index is 12.5. The summed E-state index contributed by atoms with van der Waals surface area (Å²) >= 11 is 0. The molecule has 1 aliphatic rings. The molecule has 1 unspecified atom stereocenters. The summed E-state index contributed by atoms with van der Waals surface area (Å²) in [5, 5.41) is 12.8. The molecule has 0 saturated carbocycles. The number of ether oxygens (including phenoxy) is 3. The van der Waals surface area contributed by atoms with Crippen LogP contribution in [0.5, 0.6) is 17.2 Å². The van der Waals surface area contributed by atoms with Gasteiger partial charge in [-0.25, -0.2) is 8.42 Å². The summed E-state index contributed by atoms with van der Waals surface area (Å²) in [6.07, 6.45) is -0.922. The Morgan fingerprint density at radius 2 is 1.73 bits per heavy atom. The van der Waals surface area contributed by atoms with Crippen molar-refractivity contribution in [2.75, 3.05) is 19.9 Å². The van der Waals surface area contributed by atoms with Gasteiger partial charge in [0.25, 0.3) is 5.91 Å². The number of carbonyl (C=O) groups is 1. The van der Waals surface area contributed by atoms with Gasteiger partial charge in [-0.1, -0.05) is 30.3 Å². The van der Waals surface area contributed by atoms with Crippen LogP contribution >= 0.6 is 0 Å². The van der Waals surface area contributed by atoms with Crippen molar-refractivity contribution in [1.82, 2.24) is 5.32 Å². The van der Waals surface area contributed by atoms with Gasteiger partial charge in [-0.2, -0.15) is 0 Å². The predicted octanol–water partition coefficient (Wildman–Crippen LogP) is 2.56. The lowest BCUT2D eigenvalue weighted by atomic mass is 10.1. The molecule has 0 aromatic heterocycles. The predicted molar refractivity (Wildman–Crippen MR) is 120 cm³/mol. The van der Waals surface area contributed by atoms with Crippen molar-refractivity contribution in [1.29, 1.82) is 0 Å². The van der Waals surface area contributed by atoms with Gasteiger partial charge in [0.2, 0.25) is 6.79 Å². The number of rotatable bonds is 9. The minimum absolute atomic E-state index is 0.00643. The average Bonchev–Trinajstić information content (AvgIpc) is 3.30. The van der Waals surface area contributed by atoms with Crippen LogP contribution in [0, 0.1) is 0 Å². The van der Waals surface area contributed by atoms with E-state index < -0.39 is 15.9 Å². The number of sulfone groups is 1. The van der Waals surface area contributed by atoms with Crippen LogP contribution in [0.15, 0.2) is 77.7 Å². The summed E-state index contributed by atoms with van der Waals surface area (Å²) in [7, 11) is -3.46. The van der Waals surface area contributed by atoms with Crippen molar-refractivity contribution in [3.63, 3.8) is 0 Å². The van der Waals surface area contributed by atoms with E-state index in [2.05, 4.69) is 5.32 Å². The van der Waals surface area contributed by atoms with Gasteiger partial charge in [0, 0.05) is 18.2 Å². The first-order chi connectivity index (χ1) is 15.9. The summed E-state index contributed by atoms with van der Waals surface area (Å²) in [4.78, 5) is 12.6.